The molecule has 0 bridgehead atoms. The molecule has 1 saturated heterocycles. The normalized spacial score (nSPS) is 16.3. The highest BCUT2D eigenvalue weighted by molar-refractivity contribution is 6.04. The second kappa shape index (κ2) is 12.2. The summed E-state index contributed by atoms with van der Waals surface area (Å²) in [4.78, 5) is 34.1. The molecule has 2 aromatic carbocycles. The van der Waals surface area contributed by atoms with Gasteiger partial charge in [0, 0.05) is 73.3 Å². The van der Waals surface area contributed by atoms with Crippen molar-refractivity contribution in [3.8, 4) is 11.3 Å². The molecule has 5 rings (SSSR count). The van der Waals surface area contributed by atoms with Gasteiger partial charge in [0.2, 0.25) is 5.95 Å². The lowest BCUT2D eigenvalue weighted by Crippen LogP contribution is -2.49. The summed E-state index contributed by atoms with van der Waals surface area (Å²) in [5.41, 5.74) is 2.52. The standard InChI is InChI=1S/C30H31F3N8O/c1-19-4-7-24(13-27(19)39-29-36-9-8-26(38-29)23-14-34-18-35-15-23)37-28(42)21-5-6-22(25(12-21)30(31,32)33)17-41-11-10-40(3)20(2)16-41/h4-9,12-15,18,20H,10-11,16-17H2,1-3H3,(H,37,42)(H,36,38,39)/t20-/m0/s1. The fourth-order valence-corrected chi connectivity index (χ4v) is 4.80. The number of amides is 1. The van der Waals surface area contributed by atoms with E-state index in [0.717, 1.165) is 23.7 Å². The maximum absolute atomic E-state index is 14.1. The molecular weight excluding hydrogens is 545 g/mol. The van der Waals surface area contributed by atoms with Crippen LogP contribution >= 0.6 is 0 Å². The lowest BCUT2D eigenvalue weighted by atomic mass is 10.0. The van der Waals surface area contributed by atoms with Crippen LogP contribution in [0.3, 0.4) is 0 Å². The van der Waals surface area contributed by atoms with Gasteiger partial charge in [-0.1, -0.05) is 12.1 Å². The van der Waals surface area contributed by atoms with Crippen molar-refractivity contribution >= 4 is 23.2 Å². The van der Waals surface area contributed by atoms with Gasteiger partial charge < -0.3 is 15.5 Å². The molecule has 0 saturated carbocycles. The van der Waals surface area contributed by atoms with Crippen molar-refractivity contribution in [3.63, 3.8) is 0 Å². The molecule has 3 heterocycles. The average Bonchev–Trinajstić information content (AvgIpc) is 2.97. The van der Waals surface area contributed by atoms with Crippen LogP contribution in [0.1, 0.15) is 34.0 Å². The zero-order valence-corrected chi connectivity index (χ0v) is 23.5. The molecule has 0 unspecified atom stereocenters. The molecule has 0 aliphatic carbocycles. The number of hydrogen-bond acceptors (Lipinski definition) is 8. The van der Waals surface area contributed by atoms with Gasteiger partial charge >= 0.3 is 6.18 Å². The molecule has 218 valence electrons. The number of anilines is 3. The largest absolute Gasteiger partial charge is 0.416 e. The summed E-state index contributed by atoms with van der Waals surface area (Å²) in [6, 6.07) is 10.9. The van der Waals surface area contributed by atoms with Crippen LogP contribution in [0.25, 0.3) is 11.3 Å². The minimum absolute atomic E-state index is 0.0750. The van der Waals surface area contributed by atoms with Crippen molar-refractivity contribution in [2.45, 2.75) is 32.6 Å². The molecule has 1 aliphatic rings. The molecule has 2 aromatic heterocycles. The monoisotopic (exact) mass is 576 g/mol. The molecule has 1 aliphatic heterocycles. The second-order valence-electron chi connectivity index (χ2n) is 10.4. The number of aryl methyl sites for hydroxylation is 1. The molecule has 9 nitrogen and oxygen atoms in total. The Morgan fingerprint density at radius 3 is 2.60 bits per heavy atom. The third-order valence-electron chi connectivity index (χ3n) is 7.37. The molecule has 0 radical (unpaired) electrons. The number of nitrogens with one attached hydrogen (secondary N) is 2. The topological polar surface area (TPSA) is 99.2 Å². The number of piperazine rings is 1. The van der Waals surface area contributed by atoms with E-state index in [1.807, 2.05) is 18.9 Å². The highest BCUT2D eigenvalue weighted by Crippen LogP contribution is 2.34. The Labute approximate surface area is 241 Å². The zero-order valence-electron chi connectivity index (χ0n) is 23.5. The van der Waals surface area contributed by atoms with E-state index in [4.69, 9.17) is 0 Å². The minimum Gasteiger partial charge on any atom is -0.324 e. The van der Waals surface area contributed by atoms with Gasteiger partial charge in [-0.15, -0.1) is 0 Å². The van der Waals surface area contributed by atoms with Gasteiger partial charge in [-0.3, -0.25) is 9.69 Å². The number of carbonyl (C=O) groups is 1. The fourth-order valence-electron chi connectivity index (χ4n) is 4.80. The van der Waals surface area contributed by atoms with Gasteiger partial charge in [0.05, 0.1) is 11.3 Å². The van der Waals surface area contributed by atoms with E-state index in [0.29, 0.717) is 36.1 Å². The summed E-state index contributed by atoms with van der Waals surface area (Å²) in [5, 5.41) is 5.87. The van der Waals surface area contributed by atoms with Crippen LogP contribution < -0.4 is 10.6 Å². The van der Waals surface area contributed by atoms with Crippen molar-refractivity contribution in [1.29, 1.82) is 0 Å². The first kappa shape index (κ1) is 29.1. The van der Waals surface area contributed by atoms with Crippen LogP contribution in [0, 0.1) is 6.92 Å². The first-order valence-electron chi connectivity index (χ1n) is 13.5. The Kier molecular flexibility index (Phi) is 8.46. The van der Waals surface area contributed by atoms with Gasteiger partial charge in [-0.05, 0) is 62.4 Å². The van der Waals surface area contributed by atoms with E-state index in [1.165, 1.54) is 18.5 Å². The van der Waals surface area contributed by atoms with Crippen LogP contribution in [-0.2, 0) is 12.7 Å². The number of likely N-dealkylation sites (N-methyl/N-ethyl adjacent to an activating group) is 1. The van der Waals surface area contributed by atoms with Crippen LogP contribution in [0.4, 0.5) is 30.5 Å². The third-order valence-corrected chi connectivity index (χ3v) is 7.37. The van der Waals surface area contributed by atoms with Crippen molar-refractivity contribution in [1.82, 2.24) is 29.7 Å². The third kappa shape index (κ3) is 6.89. The predicted molar refractivity (Wildman–Crippen MR) is 154 cm³/mol. The van der Waals surface area contributed by atoms with E-state index in [-0.39, 0.29) is 23.7 Å². The molecule has 0 spiro atoms. The predicted octanol–water partition coefficient (Wildman–Crippen LogP) is 5.39. The lowest BCUT2D eigenvalue weighted by molar-refractivity contribution is -0.138. The lowest BCUT2D eigenvalue weighted by Gasteiger charge is -2.38. The van der Waals surface area contributed by atoms with Crippen molar-refractivity contribution < 1.29 is 18.0 Å². The summed E-state index contributed by atoms with van der Waals surface area (Å²) in [6.07, 6.45) is 1.73. The zero-order chi connectivity index (χ0) is 29.9. The SMILES string of the molecule is Cc1ccc(NC(=O)c2ccc(CN3CCN(C)[C@@H](C)C3)c(C(F)(F)F)c2)cc1Nc1nccc(-c2cncnc2)n1. The maximum Gasteiger partial charge on any atom is 0.416 e. The van der Waals surface area contributed by atoms with Crippen LogP contribution in [0.15, 0.2) is 67.4 Å². The van der Waals surface area contributed by atoms with Crippen LogP contribution in [0.5, 0.6) is 0 Å². The number of nitrogens with zero attached hydrogens (tertiary/aromatic N) is 6. The smallest absolute Gasteiger partial charge is 0.324 e. The number of hydrogen-bond donors (Lipinski definition) is 2. The van der Waals surface area contributed by atoms with Crippen molar-refractivity contribution in [2.24, 2.45) is 0 Å². The highest BCUT2D eigenvalue weighted by Gasteiger charge is 2.35. The number of halogens is 3. The van der Waals surface area contributed by atoms with Crippen molar-refractivity contribution in [2.75, 3.05) is 37.3 Å². The Balaban J connectivity index is 1.32. The summed E-state index contributed by atoms with van der Waals surface area (Å²) in [5.74, 6) is -0.319. The van der Waals surface area contributed by atoms with Gasteiger partial charge in [-0.25, -0.2) is 19.9 Å². The van der Waals surface area contributed by atoms with E-state index < -0.39 is 17.6 Å². The summed E-state index contributed by atoms with van der Waals surface area (Å²) in [7, 11) is 2.01. The molecule has 2 N–H and O–H groups in total. The molecular formula is C30H31F3N8O. The van der Waals surface area contributed by atoms with Gasteiger partial charge in [0.15, 0.2) is 0 Å². The average molecular weight is 577 g/mol. The van der Waals surface area contributed by atoms with E-state index in [2.05, 4.69) is 42.4 Å². The van der Waals surface area contributed by atoms with Gasteiger partial charge in [0.25, 0.3) is 5.91 Å². The number of carbonyl (C=O) groups excluding carboxylic acids is 1. The Bertz CT molecular complexity index is 1560. The summed E-state index contributed by atoms with van der Waals surface area (Å²) >= 11 is 0. The van der Waals surface area contributed by atoms with E-state index in [1.54, 1.807) is 42.9 Å². The summed E-state index contributed by atoms with van der Waals surface area (Å²) < 4.78 is 42.2. The molecule has 12 heteroatoms. The summed E-state index contributed by atoms with van der Waals surface area (Å²) in [6.45, 7) is 6.24. The van der Waals surface area contributed by atoms with E-state index in [9.17, 15) is 18.0 Å². The first-order valence-corrected chi connectivity index (χ1v) is 13.5. The number of rotatable bonds is 7. The Morgan fingerprint density at radius 2 is 1.86 bits per heavy atom. The van der Waals surface area contributed by atoms with Crippen LogP contribution in [-0.4, -0.2) is 68.4 Å². The number of alkyl halides is 3. The number of aromatic nitrogens is 4. The minimum atomic E-state index is -4.59. The van der Waals surface area contributed by atoms with Crippen molar-refractivity contribution in [3.05, 3.63) is 89.6 Å². The quantitative estimate of drug-likeness (QED) is 0.302. The molecule has 4 aromatic rings. The highest BCUT2D eigenvalue weighted by atomic mass is 19.4. The Hall–Kier alpha value is -4.42. The Morgan fingerprint density at radius 1 is 1.07 bits per heavy atom. The van der Waals surface area contributed by atoms with Gasteiger partial charge in [-0.2, -0.15) is 13.2 Å². The first-order chi connectivity index (χ1) is 20.1. The molecule has 1 amide bonds. The van der Waals surface area contributed by atoms with E-state index >= 15 is 0 Å². The van der Waals surface area contributed by atoms with Crippen LogP contribution in [0.2, 0.25) is 0 Å². The molecule has 1 fully saturated rings. The fraction of sp³-hybridized carbons (Fsp3) is 0.300. The number of benzene rings is 2. The molecule has 42 heavy (non-hydrogen) atoms. The molecule has 1 atom stereocenters. The second-order valence-corrected chi connectivity index (χ2v) is 10.4. The van der Waals surface area contributed by atoms with Gasteiger partial charge in [0.1, 0.15) is 6.33 Å². The maximum atomic E-state index is 14.1.